The molecule has 0 nitrogen and oxygen atoms in total. The summed E-state index contributed by atoms with van der Waals surface area (Å²) < 4.78 is 117. The third kappa shape index (κ3) is 2.40. The lowest BCUT2D eigenvalue weighted by Crippen LogP contribution is -2.10. The first kappa shape index (κ1) is 16.2. The van der Waals surface area contributed by atoms with Gasteiger partial charge in [0.05, 0.1) is 11.1 Å². The van der Waals surface area contributed by atoms with Gasteiger partial charge in [-0.3, -0.25) is 0 Å². The van der Waals surface area contributed by atoms with E-state index in [0.29, 0.717) is 12.1 Å². The predicted octanol–water partition coefficient (Wildman–Crippen LogP) is 5.21. The first-order chi connectivity index (χ1) is 10.1. The molecule has 22 heavy (non-hydrogen) atoms. The summed E-state index contributed by atoms with van der Waals surface area (Å²) in [4.78, 5) is 0. The topological polar surface area (TPSA) is 0 Å². The summed E-state index contributed by atoms with van der Waals surface area (Å²) in [5.41, 5.74) is -5.04. The van der Waals surface area contributed by atoms with Crippen LogP contribution in [0, 0.1) is 34.9 Å². The van der Waals surface area contributed by atoms with Crippen LogP contribution in [0.2, 0.25) is 0 Å². The van der Waals surface area contributed by atoms with Crippen molar-refractivity contribution in [2.45, 2.75) is 6.18 Å². The summed E-state index contributed by atoms with van der Waals surface area (Å²) in [6, 6.07) is 1.33. The maximum atomic E-state index is 13.8. The van der Waals surface area contributed by atoms with E-state index < -0.39 is 57.8 Å². The van der Waals surface area contributed by atoms with Crippen LogP contribution < -0.4 is 0 Å². The minimum absolute atomic E-state index is 0.269. The number of alkyl halides is 3. The van der Waals surface area contributed by atoms with Crippen molar-refractivity contribution in [2.24, 2.45) is 0 Å². The zero-order valence-corrected chi connectivity index (χ0v) is 10.1. The number of hydrogen-bond donors (Lipinski definition) is 0. The normalized spacial score (nSPS) is 11.9. The van der Waals surface area contributed by atoms with Crippen molar-refractivity contribution in [1.29, 1.82) is 0 Å². The summed E-state index contributed by atoms with van der Waals surface area (Å²) >= 11 is 0. The Bertz CT molecular complexity index is 717. The van der Waals surface area contributed by atoms with Gasteiger partial charge in [-0.2, -0.15) is 13.2 Å². The standard InChI is InChI=1S/C13H3F9/c14-7-4(2-1-3-5(7)13(20,21)22)6-8(15)10(17)12(19)11(18)9(6)16/h1-3H. The Morgan fingerprint density at radius 2 is 1.05 bits per heavy atom. The van der Waals surface area contributed by atoms with Crippen molar-refractivity contribution >= 4 is 0 Å². The van der Waals surface area contributed by atoms with Gasteiger partial charge >= 0.3 is 6.18 Å². The summed E-state index contributed by atoms with van der Waals surface area (Å²) in [5, 5.41) is 0. The maximum Gasteiger partial charge on any atom is 0.419 e. The highest BCUT2D eigenvalue weighted by Gasteiger charge is 2.36. The van der Waals surface area contributed by atoms with Gasteiger partial charge in [0.15, 0.2) is 23.3 Å². The van der Waals surface area contributed by atoms with E-state index in [-0.39, 0.29) is 6.07 Å². The Labute approximate surface area is 116 Å². The van der Waals surface area contributed by atoms with Crippen LogP contribution in [0.5, 0.6) is 0 Å². The van der Waals surface area contributed by atoms with Crippen molar-refractivity contribution in [3.8, 4) is 11.1 Å². The smallest absolute Gasteiger partial charge is 0.206 e. The Kier molecular flexibility index (Phi) is 3.84. The molecular formula is C13H3F9. The quantitative estimate of drug-likeness (QED) is 0.383. The molecule has 2 aromatic carbocycles. The monoisotopic (exact) mass is 330 g/mol. The molecule has 2 aromatic rings. The second-order valence-electron chi connectivity index (χ2n) is 4.11. The summed E-state index contributed by atoms with van der Waals surface area (Å²) in [6.45, 7) is 0. The molecule has 0 aromatic heterocycles. The average molecular weight is 330 g/mol. The van der Waals surface area contributed by atoms with Gasteiger partial charge in [-0.15, -0.1) is 0 Å². The summed E-state index contributed by atoms with van der Waals surface area (Å²) in [6.07, 6.45) is -5.20. The van der Waals surface area contributed by atoms with E-state index in [1.165, 1.54) is 0 Å². The molecule has 0 aliphatic carbocycles. The van der Waals surface area contributed by atoms with Crippen molar-refractivity contribution in [2.75, 3.05) is 0 Å². The number of rotatable bonds is 1. The Morgan fingerprint density at radius 1 is 0.591 bits per heavy atom. The number of hydrogen-bond acceptors (Lipinski definition) is 0. The molecule has 0 fully saturated rings. The van der Waals surface area contributed by atoms with E-state index in [9.17, 15) is 39.5 Å². The minimum Gasteiger partial charge on any atom is -0.206 e. The molecule has 0 saturated carbocycles. The van der Waals surface area contributed by atoms with Crippen molar-refractivity contribution in [3.63, 3.8) is 0 Å². The average Bonchev–Trinajstić information content (AvgIpc) is 2.43. The molecule has 0 atom stereocenters. The van der Waals surface area contributed by atoms with Gasteiger partial charge in [0.1, 0.15) is 5.82 Å². The Hall–Kier alpha value is -2.19. The van der Waals surface area contributed by atoms with E-state index in [1.807, 2.05) is 0 Å². The first-order valence-electron chi connectivity index (χ1n) is 5.44. The predicted molar refractivity (Wildman–Crippen MR) is 56.6 cm³/mol. The lowest BCUT2D eigenvalue weighted by molar-refractivity contribution is -0.139. The summed E-state index contributed by atoms with van der Waals surface area (Å²) in [7, 11) is 0. The van der Waals surface area contributed by atoms with E-state index in [4.69, 9.17) is 0 Å². The van der Waals surface area contributed by atoms with Gasteiger partial charge in [-0.1, -0.05) is 12.1 Å². The SMILES string of the molecule is Fc1c(-c2c(F)c(F)c(F)c(F)c2F)cccc1C(F)(F)F. The van der Waals surface area contributed by atoms with Crippen molar-refractivity contribution in [1.82, 2.24) is 0 Å². The van der Waals surface area contributed by atoms with Gasteiger partial charge in [0.25, 0.3) is 0 Å². The minimum atomic E-state index is -5.20. The second-order valence-corrected chi connectivity index (χ2v) is 4.11. The van der Waals surface area contributed by atoms with Crippen LogP contribution in [0.15, 0.2) is 18.2 Å². The van der Waals surface area contributed by atoms with Crippen LogP contribution in [-0.4, -0.2) is 0 Å². The molecule has 0 spiro atoms. The molecule has 0 saturated heterocycles. The summed E-state index contributed by atoms with van der Waals surface area (Å²) in [5.74, 6) is -14.2. The second kappa shape index (κ2) is 5.22. The molecule has 0 aliphatic rings. The van der Waals surface area contributed by atoms with E-state index in [2.05, 4.69) is 0 Å². The van der Waals surface area contributed by atoms with E-state index >= 15 is 0 Å². The van der Waals surface area contributed by atoms with Gasteiger partial charge in [0.2, 0.25) is 5.82 Å². The molecule has 2 rings (SSSR count). The molecular weight excluding hydrogens is 327 g/mol. The molecule has 0 N–H and O–H groups in total. The van der Waals surface area contributed by atoms with Crippen LogP contribution in [0.25, 0.3) is 11.1 Å². The van der Waals surface area contributed by atoms with Gasteiger partial charge in [-0.05, 0) is 6.07 Å². The lowest BCUT2D eigenvalue weighted by atomic mass is 10.00. The van der Waals surface area contributed by atoms with E-state index in [1.54, 1.807) is 0 Å². The Morgan fingerprint density at radius 3 is 1.50 bits per heavy atom. The van der Waals surface area contributed by atoms with Crippen LogP contribution in [0.4, 0.5) is 39.5 Å². The highest BCUT2D eigenvalue weighted by molar-refractivity contribution is 5.67. The first-order valence-corrected chi connectivity index (χ1v) is 5.44. The molecule has 0 aliphatic heterocycles. The number of halogens is 9. The van der Waals surface area contributed by atoms with Crippen molar-refractivity contribution in [3.05, 3.63) is 58.7 Å². The van der Waals surface area contributed by atoms with Crippen LogP contribution in [0.1, 0.15) is 5.56 Å². The molecule has 0 unspecified atom stereocenters. The Balaban J connectivity index is 2.85. The molecule has 118 valence electrons. The molecule has 0 amide bonds. The fraction of sp³-hybridized carbons (Fsp3) is 0.0769. The fourth-order valence-corrected chi connectivity index (χ4v) is 1.79. The zero-order chi connectivity index (χ0) is 16.8. The third-order valence-electron chi connectivity index (χ3n) is 2.78. The maximum absolute atomic E-state index is 13.8. The fourth-order valence-electron chi connectivity index (χ4n) is 1.79. The molecule has 0 radical (unpaired) electrons. The van der Waals surface area contributed by atoms with Gasteiger partial charge in [-0.25, -0.2) is 26.3 Å². The van der Waals surface area contributed by atoms with Gasteiger partial charge < -0.3 is 0 Å². The van der Waals surface area contributed by atoms with E-state index in [0.717, 1.165) is 0 Å². The highest BCUT2D eigenvalue weighted by Crippen LogP contribution is 2.38. The largest absolute Gasteiger partial charge is 0.419 e. The molecule has 0 heterocycles. The molecule has 9 heteroatoms. The van der Waals surface area contributed by atoms with Crippen LogP contribution in [0.3, 0.4) is 0 Å². The zero-order valence-electron chi connectivity index (χ0n) is 10.1. The van der Waals surface area contributed by atoms with Crippen LogP contribution in [-0.2, 0) is 6.18 Å². The van der Waals surface area contributed by atoms with Crippen LogP contribution >= 0.6 is 0 Å². The van der Waals surface area contributed by atoms with Gasteiger partial charge in [0, 0.05) is 5.56 Å². The molecule has 0 bridgehead atoms. The highest BCUT2D eigenvalue weighted by atomic mass is 19.4. The third-order valence-corrected chi connectivity index (χ3v) is 2.78. The lowest BCUT2D eigenvalue weighted by Gasteiger charge is -2.13. The van der Waals surface area contributed by atoms with Crippen molar-refractivity contribution < 1.29 is 39.5 Å². The number of benzene rings is 2.